The lowest BCUT2D eigenvalue weighted by Gasteiger charge is -2.35. The van der Waals surface area contributed by atoms with Crippen LogP contribution in [0.1, 0.15) is 44.2 Å². The predicted octanol–water partition coefficient (Wildman–Crippen LogP) is 3.89. The first kappa shape index (κ1) is 17.6. The van der Waals surface area contributed by atoms with Crippen LogP contribution in [-0.4, -0.2) is 49.5 Å². The second-order valence-corrected chi connectivity index (χ2v) is 8.11. The molecule has 1 saturated carbocycles. The van der Waals surface area contributed by atoms with E-state index in [4.69, 9.17) is 4.74 Å². The van der Waals surface area contributed by atoms with Crippen molar-refractivity contribution in [2.24, 2.45) is 0 Å². The van der Waals surface area contributed by atoms with Gasteiger partial charge in [-0.15, -0.1) is 0 Å². The molecule has 3 aromatic heterocycles. The minimum atomic E-state index is 0.230. The molecule has 0 spiro atoms. The number of hydrogen-bond acceptors (Lipinski definition) is 5. The first-order chi connectivity index (χ1) is 13.7. The molecule has 1 saturated heterocycles. The van der Waals surface area contributed by atoms with Crippen molar-refractivity contribution < 1.29 is 4.74 Å². The zero-order chi connectivity index (χ0) is 18.9. The first-order valence-corrected chi connectivity index (χ1v) is 10.4. The van der Waals surface area contributed by atoms with Gasteiger partial charge in [-0.1, -0.05) is 12.8 Å². The lowest BCUT2D eigenvalue weighted by molar-refractivity contribution is 0.0710. The number of pyridine rings is 1. The molecule has 0 unspecified atom stereocenters. The van der Waals surface area contributed by atoms with Crippen molar-refractivity contribution in [2.75, 3.05) is 13.1 Å². The molecule has 5 rings (SSSR count). The molecule has 0 atom stereocenters. The zero-order valence-corrected chi connectivity index (χ0v) is 16.4. The smallest absolute Gasteiger partial charge is 0.316 e. The molecule has 0 bridgehead atoms. The summed E-state index contributed by atoms with van der Waals surface area (Å²) in [5, 5.41) is 0. The zero-order valence-electron chi connectivity index (χ0n) is 16.4. The SMILES string of the molecule is Cc1cn2cc(-c3cnc(OC4CCN(C5CCCC5)CC4)nc3)ccc2n1. The summed E-state index contributed by atoms with van der Waals surface area (Å²) in [5.41, 5.74) is 4.01. The van der Waals surface area contributed by atoms with Gasteiger partial charge in [-0.05, 0) is 44.7 Å². The third kappa shape index (κ3) is 3.61. The molecule has 146 valence electrons. The Balaban J connectivity index is 1.21. The number of rotatable bonds is 4. The summed E-state index contributed by atoms with van der Waals surface area (Å²) in [4.78, 5) is 16.0. The van der Waals surface area contributed by atoms with E-state index in [1.165, 1.54) is 25.7 Å². The Morgan fingerprint density at radius 1 is 0.929 bits per heavy atom. The fourth-order valence-electron chi connectivity index (χ4n) is 4.59. The quantitative estimate of drug-likeness (QED) is 0.690. The van der Waals surface area contributed by atoms with E-state index in [1.54, 1.807) is 0 Å². The van der Waals surface area contributed by atoms with Gasteiger partial charge in [0.1, 0.15) is 11.8 Å². The second-order valence-electron chi connectivity index (χ2n) is 8.11. The highest BCUT2D eigenvalue weighted by Crippen LogP contribution is 2.27. The highest BCUT2D eigenvalue weighted by atomic mass is 16.5. The largest absolute Gasteiger partial charge is 0.460 e. The molecule has 2 aliphatic rings. The van der Waals surface area contributed by atoms with Gasteiger partial charge in [0.05, 0.1) is 5.69 Å². The van der Waals surface area contributed by atoms with E-state index < -0.39 is 0 Å². The molecule has 0 aromatic carbocycles. The number of fused-ring (bicyclic) bond motifs is 1. The van der Waals surface area contributed by atoms with Crippen LogP contribution in [0.5, 0.6) is 6.01 Å². The van der Waals surface area contributed by atoms with Crippen molar-refractivity contribution in [3.8, 4) is 17.1 Å². The molecule has 28 heavy (non-hydrogen) atoms. The maximum Gasteiger partial charge on any atom is 0.316 e. The molecule has 0 amide bonds. The second kappa shape index (κ2) is 7.51. The highest BCUT2D eigenvalue weighted by molar-refractivity contribution is 5.63. The Labute approximate surface area is 165 Å². The molecule has 0 radical (unpaired) electrons. The fraction of sp³-hybridized carbons (Fsp3) is 0.500. The minimum absolute atomic E-state index is 0.230. The lowest BCUT2D eigenvalue weighted by atomic mass is 10.0. The van der Waals surface area contributed by atoms with Crippen LogP contribution in [0, 0.1) is 6.92 Å². The van der Waals surface area contributed by atoms with Gasteiger partial charge >= 0.3 is 6.01 Å². The molecule has 1 aliphatic carbocycles. The number of aromatic nitrogens is 4. The van der Waals surface area contributed by atoms with E-state index >= 15 is 0 Å². The van der Waals surface area contributed by atoms with Gasteiger partial charge in [0.2, 0.25) is 0 Å². The Morgan fingerprint density at radius 2 is 1.68 bits per heavy atom. The van der Waals surface area contributed by atoms with Crippen molar-refractivity contribution in [3.05, 3.63) is 42.6 Å². The van der Waals surface area contributed by atoms with E-state index in [-0.39, 0.29) is 6.10 Å². The van der Waals surface area contributed by atoms with Crippen LogP contribution in [0.3, 0.4) is 0 Å². The maximum atomic E-state index is 6.07. The van der Waals surface area contributed by atoms with Crippen molar-refractivity contribution in [1.82, 2.24) is 24.3 Å². The van der Waals surface area contributed by atoms with E-state index in [1.807, 2.05) is 36.0 Å². The summed E-state index contributed by atoms with van der Waals surface area (Å²) in [5.74, 6) is 0. The van der Waals surface area contributed by atoms with Gasteiger partial charge in [0.25, 0.3) is 0 Å². The number of imidazole rings is 1. The minimum Gasteiger partial charge on any atom is -0.460 e. The molecule has 6 heteroatoms. The monoisotopic (exact) mass is 377 g/mol. The van der Waals surface area contributed by atoms with Gasteiger partial charge < -0.3 is 14.0 Å². The van der Waals surface area contributed by atoms with Crippen LogP contribution in [0.2, 0.25) is 0 Å². The Morgan fingerprint density at radius 3 is 2.43 bits per heavy atom. The van der Waals surface area contributed by atoms with Gasteiger partial charge in [-0.25, -0.2) is 15.0 Å². The number of ether oxygens (including phenoxy) is 1. The lowest BCUT2D eigenvalue weighted by Crippen LogP contribution is -2.43. The number of hydrogen-bond donors (Lipinski definition) is 0. The summed E-state index contributed by atoms with van der Waals surface area (Å²) < 4.78 is 8.10. The first-order valence-electron chi connectivity index (χ1n) is 10.4. The molecule has 2 fully saturated rings. The average molecular weight is 377 g/mol. The maximum absolute atomic E-state index is 6.07. The highest BCUT2D eigenvalue weighted by Gasteiger charge is 2.28. The van der Waals surface area contributed by atoms with E-state index in [0.29, 0.717) is 6.01 Å². The standard InChI is InChI=1S/C22H27N5O/c1-16-14-27-15-17(6-7-21(27)25-16)18-12-23-22(24-13-18)28-20-8-10-26(11-9-20)19-4-2-3-5-19/h6-7,12-15,19-20H,2-5,8-11H2,1H3. The Kier molecular flexibility index (Phi) is 4.72. The third-order valence-electron chi connectivity index (χ3n) is 6.12. The summed E-state index contributed by atoms with van der Waals surface area (Å²) in [7, 11) is 0. The third-order valence-corrected chi connectivity index (χ3v) is 6.12. The van der Waals surface area contributed by atoms with Crippen LogP contribution in [0.4, 0.5) is 0 Å². The molecule has 4 heterocycles. The average Bonchev–Trinajstić information content (AvgIpc) is 3.37. The summed E-state index contributed by atoms with van der Waals surface area (Å²) >= 11 is 0. The van der Waals surface area contributed by atoms with E-state index in [2.05, 4.69) is 32.1 Å². The predicted molar refractivity (Wildman–Crippen MR) is 108 cm³/mol. The molecular weight excluding hydrogens is 350 g/mol. The van der Waals surface area contributed by atoms with Gasteiger partial charge in [-0.2, -0.15) is 0 Å². The number of aryl methyl sites for hydroxylation is 1. The number of likely N-dealkylation sites (tertiary alicyclic amines) is 1. The van der Waals surface area contributed by atoms with Gasteiger partial charge in [0.15, 0.2) is 0 Å². The summed E-state index contributed by atoms with van der Waals surface area (Å²) in [6, 6.07) is 5.38. The summed E-state index contributed by atoms with van der Waals surface area (Å²) in [6.07, 6.45) is 15.7. The molecule has 6 nitrogen and oxygen atoms in total. The topological polar surface area (TPSA) is 55.6 Å². The Hall–Kier alpha value is -2.47. The van der Waals surface area contributed by atoms with Crippen molar-refractivity contribution in [2.45, 2.75) is 57.6 Å². The molecular formula is C22H27N5O. The van der Waals surface area contributed by atoms with Crippen molar-refractivity contribution in [3.63, 3.8) is 0 Å². The normalized spacial score (nSPS) is 19.5. The molecule has 1 aliphatic heterocycles. The van der Waals surface area contributed by atoms with Gasteiger partial charge in [0, 0.05) is 55.0 Å². The van der Waals surface area contributed by atoms with Crippen LogP contribution in [0.15, 0.2) is 36.9 Å². The van der Waals surface area contributed by atoms with Crippen LogP contribution in [-0.2, 0) is 0 Å². The number of piperidine rings is 1. The van der Waals surface area contributed by atoms with Crippen molar-refractivity contribution >= 4 is 5.65 Å². The Bertz CT molecular complexity index is 937. The fourth-order valence-corrected chi connectivity index (χ4v) is 4.59. The molecule has 0 N–H and O–H groups in total. The van der Waals surface area contributed by atoms with E-state index in [9.17, 15) is 0 Å². The van der Waals surface area contributed by atoms with Crippen LogP contribution in [0.25, 0.3) is 16.8 Å². The number of nitrogens with zero attached hydrogens (tertiary/aromatic N) is 5. The van der Waals surface area contributed by atoms with E-state index in [0.717, 1.165) is 54.4 Å². The van der Waals surface area contributed by atoms with Crippen LogP contribution < -0.4 is 4.74 Å². The summed E-state index contributed by atoms with van der Waals surface area (Å²) in [6.45, 7) is 4.27. The van der Waals surface area contributed by atoms with Gasteiger partial charge in [-0.3, -0.25) is 0 Å². The van der Waals surface area contributed by atoms with Crippen molar-refractivity contribution in [1.29, 1.82) is 0 Å². The van der Waals surface area contributed by atoms with Crippen LogP contribution >= 0.6 is 0 Å². The molecule has 3 aromatic rings.